The van der Waals surface area contributed by atoms with E-state index in [1.165, 1.54) is 18.2 Å². The van der Waals surface area contributed by atoms with Gasteiger partial charge in [0, 0.05) is 11.2 Å². The average Bonchev–Trinajstić information content (AvgIpc) is 2.86. The van der Waals surface area contributed by atoms with E-state index in [0.717, 1.165) is 11.9 Å². The number of benzene rings is 2. The minimum atomic E-state index is -0.632. The van der Waals surface area contributed by atoms with Gasteiger partial charge in [-0.2, -0.15) is 0 Å². The zero-order valence-corrected chi connectivity index (χ0v) is 19.4. The third-order valence-electron chi connectivity index (χ3n) is 4.82. The fourth-order valence-corrected chi connectivity index (χ4v) is 3.72. The molecule has 2 aromatic carbocycles. The summed E-state index contributed by atoms with van der Waals surface area (Å²) in [7, 11) is 0. The van der Waals surface area contributed by atoms with Crippen molar-refractivity contribution >= 4 is 52.3 Å². The van der Waals surface area contributed by atoms with Crippen LogP contribution in [0.3, 0.4) is 0 Å². The third kappa shape index (κ3) is 5.62. The first-order valence-corrected chi connectivity index (χ1v) is 10.9. The highest BCUT2D eigenvalue weighted by molar-refractivity contribution is 6.36. The Morgan fingerprint density at radius 2 is 1.77 bits per heavy atom. The van der Waals surface area contributed by atoms with Crippen LogP contribution in [0.4, 0.5) is 23.1 Å². The van der Waals surface area contributed by atoms with Gasteiger partial charge in [-0.15, -0.1) is 0 Å². The Labute approximate surface area is 209 Å². The van der Waals surface area contributed by atoms with E-state index in [1.807, 2.05) is 30.3 Å². The van der Waals surface area contributed by atoms with Crippen molar-refractivity contribution in [1.29, 1.82) is 0 Å². The number of nitro groups is 1. The Morgan fingerprint density at radius 1 is 1.00 bits per heavy atom. The molecule has 0 fully saturated rings. The summed E-state index contributed by atoms with van der Waals surface area (Å²) in [6.45, 7) is 0.252. The lowest BCUT2D eigenvalue weighted by molar-refractivity contribution is -0.383. The second-order valence-corrected chi connectivity index (χ2v) is 7.96. The molecule has 1 amide bonds. The Hall–Kier alpha value is -4.28. The fourth-order valence-electron chi connectivity index (χ4n) is 3.23. The minimum absolute atomic E-state index is 0.00572. The molecule has 0 aliphatic heterocycles. The van der Waals surface area contributed by atoms with Gasteiger partial charge in [0.15, 0.2) is 0 Å². The Morgan fingerprint density at radius 3 is 2.46 bits per heavy atom. The van der Waals surface area contributed by atoms with Gasteiger partial charge in [-0.05, 0) is 35.9 Å². The van der Waals surface area contributed by atoms with Crippen molar-refractivity contribution < 1.29 is 9.72 Å². The van der Waals surface area contributed by atoms with E-state index in [0.29, 0.717) is 10.8 Å². The van der Waals surface area contributed by atoms with Crippen molar-refractivity contribution in [3.8, 4) is 0 Å². The fraction of sp³-hybridized carbons (Fsp3) is 0.0435. The van der Waals surface area contributed by atoms with Crippen LogP contribution >= 0.6 is 23.2 Å². The number of aromatic nitrogens is 3. The van der Waals surface area contributed by atoms with Gasteiger partial charge in [0.05, 0.1) is 22.1 Å². The number of nitrogens with zero attached hydrogens (tertiary/aromatic N) is 5. The maximum absolute atomic E-state index is 12.6. The molecule has 0 aliphatic rings. The van der Waals surface area contributed by atoms with Crippen LogP contribution in [0.2, 0.25) is 10.0 Å². The lowest BCUT2D eigenvalue weighted by Crippen LogP contribution is -2.31. The molecule has 0 saturated carbocycles. The van der Waals surface area contributed by atoms with E-state index in [-0.39, 0.29) is 28.8 Å². The van der Waals surface area contributed by atoms with E-state index in [4.69, 9.17) is 23.2 Å². The van der Waals surface area contributed by atoms with Crippen molar-refractivity contribution in [2.24, 2.45) is 0 Å². The highest BCUT2D eigenvalue weighted by Gasteiger charge is 2.29. The molecule has 2 aromatic heterocycles. The summed E-state index contributed by atoms with van der Waals surface area (Å²) in [6, 6.07) is 19.0. The van der Waals surface area contributed by atoms with E-state index >= 15 is 0 Å². The van der Waals surface area contributed by atoms with Gasteiger partial charge in [0.25, 0.3) is 5.91 Å². The van der Waals surface area contributed by atoms with E-state index in [1.54, 1.807) is 29.3 Å². The monoisotopic (exact) mass is 509 g/mol. The molecular weight excluding hydrogens is 493 g/mol. The van der Waals surface area contributed by atoms with Gasteiger partial charge in [0.2, 0.25) is 11.6 Å². The van der Waals surface area contributed by atoms with Crippen LogP contribution in [-0.2, 0) is 6.54 Å². The quantitative estimate of drug-likeness (QED) is 0.245. The van der Waals surface area contributed by atoms with Gasteiger partial charge in [-0.1, -0.05) is 59.6 Å². The van der Waals surface area contributed by atoms with Crippen LogP contribution in [0.5, 0.6) is 0 Å². The summed E-state index contributed by atoms with van der Waals surface area (Å²) in [5.41, 5.74) is 5.45. The summed E-state index contributed by atoms with van der Waals surface area (Å²) >= 11 is 12.0. The molecule has 0 saturated heterocycles. The summed E-state index contributed by atoms with van der Waals surface area (Å²) in [5, 5.41) is 12.6. The number of anilines is 3. The van der Waals surface area contributed by atoms with E-state index in [9.17, 15) is 14.9 Å². The number of hydrogen-bond acceptors (Lipinski definition) is 8. The summed E-state index contributed by atoms with van der Waals surface area (Å²) in [5.74, 6) is -0.408. The van der Waals surface area contributed by atoms with Gasteiger partial charge >= 0.3 is 5.69 Å². The number of halogens is 2. The molecule has 2 N–H and O–H groups in total. The maximum atomic E-state index is 12.6. The van der Waals surface area contributed by atoms with Gasteiger partial charge < -0.3 is 4.90 Å². The van der Waals surface area contributed by atoms with Gasteiger partial charge in [-0.25, -0.2) is 15.0 Å². The zero-order valence-electron chi connectivity index (χ0n) is 17.9. The lowest BCUT2D eigenvalue weighted by atomic mass is 10.2. The normalized spacial score (nSPS) is 10.5. The zero-order chi connectivity index (χ0) is 24.8. The van der Waals surface area contributed by atoms with Crippen LogP contribution in [0.1, 0.15) is 15.9 Å². The number of carbonyl (C=O) groups is 1. The van der Waals surface area contributed by atoms with Crippen molar-refractivity contribution in [3.05, 3.63) is 111 Å². The summed E-state index contributed by atoms with van der Waals surface area (Å²) in [6.07, 6.45) is 2.74. The molecule has 12 heteroatoms. The standard InChI is InChI=1S/C23H17Cl2N7O3/c24-16-9-10-17(18(25)12-16)23(33)30-29-21-20(32(34)35)22(28-14-27-21)31(19-8-4-5-11-26-19)13-15-6-2-1-3-7-15/h1-12,14H,13H2,(H,30,33)(H,27,28,29). The highest BCUT2D eigenvalue weighted by atomic mass is 35.5. The van der Waals surface area contributed by atoms with E-state index in [2.05, 4.69) is 25.8 Å². The second kappa shape index (κ2) is 10.8. The molecule has 4 rings (SSSR count). The van der Waals surface area contributed by atoms with Crippen molar-refractivity contribution in [3.63, 3.8) is 0 Å². The molecular formula is C23H17Cl2N7O3. The molecule has 35 heavy (non-hydrogen) atoms. The topological polar surface area (TPSA) is 126 Å². The largest absolute Gasteiger partial charge is 0.355 e. The molecule has 0 bridgehead atoms. The molecule has 0 aliphatic carbocycles. The van der Waals surface area contributed by atoms with Crippen LogP contribution in [0, 0.1) is 10.1 Å². The maximum Gasteiger partial charge on any atom is 0.355 e. The molecule has 10 nitrogen and oxygen atoms in total. The first-order chi connectivity index (χ1) is 16.9. The molecule has 4 aromatic rings. The number of amides is 1. The SMILES string of the molecule is O=C(NNc1ncnc(N(Cc2ccccc2)c2ccccn2)c1[N+](=O)[O-])c1ccc(Cl)cc1Cl. The summed E-state index contributed by atoms with van der Waals surface area (Å²) < 4.78 is 0. The highest BCUT2D eigenvalue weighted by Crippen LogP contribution is 2.36. The van der Waals surface area contributed by atoms with Crippen molar-refractivity contribution in [2.45, 2.75) is 6.54 Å². The number of hydrogen-bond donors (Lipinski definition) is 2. The molecule has 2 heterocycles. The predicted molar refractivity (Wildman–Crippen MR) is 133 cm³/mol. The number of pyridine rings is 1. The molecule has 0 spiro atoms. The predicted octanol–water partition coefficient (Wildman–Crippen LogP) is 5.18. The number of rotatable bonds is 8. The molecule has 0 atom stereocenters. The molecule has 0 radical (unpaired) electrons. The van der Waals surface area contributed by atoms with Crippen LogP contribution < -0.4 is 15.8 Å². The van der Waals surface area contributed by atoms with Crippen molar-refractivity contribution in [1.82, 2.24) is 20.4 Å². The second-order valence-electron chi connectivity index (χ2n) is 7.11. The van der Waals surface area contributed by atoms with Crippen LogP contribution in [0.25, 0.3) is 0 Å². The first kappa shape index (κ1) is 23.9. The first-order valence-electron chi connectivity index (χ1n) is 10.2. The minimum Gasteiger partial charge on any atom is -0.301 e. The Kier molecular flexibility index (Phi) is 7.34. The number of carbonyl (C=O) groups excluding carboxylic acids is 1. The Bertz CT molecular complexity index is 1360. The lowest BCUT2D eigenvalue weighted by Gasteiger charge is -2.23. The van der Waals surface area contributed by atoms with Gasteiger partial charge in [0.1, 0.15) is 12.1 Å². The number of hydrazine groups is 1. The van der Waals surface area contributed by atoms with Crippen LogP contribution in [0.15, 0.2) is 79.3 Å². The smallest absolute Gasteiger partial charge is 0.301 e. The van der Waals surface area contributed by atoms with Crippen LogP contribution in [-0.4, -0.2) is 25.8 Å². The van der Waals surface area contributed by atoms with E-state index < -0.39 is 16.5 Å². The van der Waals surface area contributed by atoms with Crippen molar-refractivity contribution in [2.75, 3.05) is 10.3 Å². The molecule has 0 unspecified atom stereocenters. The average molecular weight is 510 g/mol. The number of nitrogens with one attached hydrogen (secondary N) is 2. The third-order valence-corrected chi connectivity index (χ3v) is 5.37. The van der Waals surface area contributed by atoms with Gasteiger partial charge in [-0.3, -0.25) is 25.8 Å². The molecule has 176 valence electrons. The Balaban J connectivity index is 1.69. The summed E-state index contributed by atoms with van der Waals surface area (Å²) in [4.78, 5) is 38.2.